The fraction of sp³-hybridized carbons (Fsp3) is 0.875. The molecule has 0 amide bonds. The van der Waals surface area contributed by atoms with E-state index in [0.29, 0.717) is 6.42 Å². The molecule has 0 atom stereocenters. The molecule has 1 heterocycles. The van der Waals surface area contributed by atoms with Crippen LogP contribution in [0.4, 0.5) is 0 Å². The molecule has 1 saturated heterocycles. The van der Waals surface area contributed by atoms with E-state index in [1.165, 1.54) is 19.3 Å². The Labute approximate surface area is 79.2 Å². The van der Waals surface area contributed by atoms with Gasteiger partial charge in [0.25, 0.3) is 0 Å². The van der Waals surface area contributed by atoms with Gasteiger partial charge in [-0.2, -0.15) is 0 Å². The third kappa shape index (κ3) is 4.57. The number of carbonyl (C=O) groups is 1. The van der Waals surface area contributed by atoms with Crippen molar-refractivity contribution < 1.29 is 9.90 Å². The Balaban J connectivity index is 0.00000121. The van der Waals surface area contributed by atoms with E-state index < -0.39 is 5.97 Å². The van der Waals surface area contributed by atoms with Crippen molar-refractivity contribution in [2.24, 2.45) is 0 Å². The van der Waals surface area contributed by atoms with Crippen LogP contribution in [0.5, 0.6) is 0 Å². The van der Waals surface area contributed by atoms with E-state index in [2.05, 4.69) is 4.90 Å². The van der Waals surface area contributed by atoms with Crippen LogP contribution in [0.1, 0.15) is 25.7 Å². The van der Waals surface area contributed by atoms with Gasteiger partial charge >= 0.3 is 5.97 Å². The summed E-state index contributed by atoms with van der Waals surface area (Å²) < 4.78 is 0. The van der Waals surface area contributed by atoms with Gasteiger partial charge in [0.05, 0.1) is 6.42 Å². The molecule has 0 aromatic carbocycles. The zero-order valence-electron chi connectivity index (χ0n) is 7.16. The molecule has 4 heteroatoms. The first-order valence-electron chi connectivity index (χ1n) is 4.23. The molecule has 1 aliphatic heterocycles. The first kappa shape index (κ1) is 11.7. The van der Waals surface area contributed by atoms with E-state index in [1.54, 1.807) is 0 Å². The second-order valence-corrected chi connectivity index (χ2v) is 3.05. The van der Waals surface area contributed by atoms with Crippen molar-refractivity contribution in [1.29, 1.82) is 0 Å². The van der Waals surface area contributed by atoms with Gasteiger partial charge in [-0.25, -0.2) is 0 Å². The number of carboxylic acids is 1. The van der Waals surface area contributed by atoms with Gasteiger partial charge in [-0.3, -0.25) is 4.79 Å². The van der Waals surface area contributed by atoms with Crippen LogP contribution in [0.3, 0.4) is 0 Å². The van der Waals surface area contributed by atoms with Gasteiger partial charge in [-0.15, -0.1) is 12.4 Å². The van der Waals surface area contributed by atoms with Crippen molar-refractivity contribution in [1.82, 2.24) is 4.90 Å². The highest BCUT2D eigenvalue weighted by atomic mass is 35.5. The van der Waals surface area contributed by atoms with Crippen LogP contribution in [0.15, 0.2) is 0 Å². The average Bonchev–Trinajstić information content (AvgIpc) is 2.03. The first-order valence-corrected chi connectivity index (χ1v) is 4.23. The predicted molar refractivity (Wildman–Crippen MR) is 49.8 cm³/mol. The summed E-state index contributed by atoms with van der Waals surface area (Å²) in [6, 6.07) is 0. The molecule has 12 heavy (non-hydrogen) atoms. The van der Waals surface area contributed by atoms with Gasteiger partial charge in [0.1, 0.15) is 0 Å². The second-order valence-electron chi connectivity index (χ2n) is 3.05. The molecule has 1 aliphatic rings. The van der Waals surface area contributed by atoms with E-state index in [4.69, 9.17) is 5.11 Å². The van der Waals surface area contributed by atoms with Crippen molar-refractivity contribution in [3.8, 4) is 0 Å². The molecule has 3 nitrogen and oxygen atoms in total. The van der Waals surface area contributed by atoms with E-state index in [0.717, 1.165) is 19.6 Å². The smallest absolute Gasteiger partial charge is 0.304 e. The number of hydrogen-bond donors (Lipinski definition) is 1. The Bertz CT molecular complexity index is 135. The summed E-state index contributed by atoms with van der Waals surface area (Å²) in [5, 5.41) is 8.42. The Morgan fingerprint density at radius 3 is 2.33 bits per heavy atom. The highest BCUT2D eigenvalue weighted by molar-refractivity contribution is 5.85. The average molecular weight is 194 g/mol. The lowest BCUT2D eigenvalue weighted by molar-refractivity contribution is -0.137. The molecule has 0 radical (unpaired) electrons. The van der Waals surface area contributed by atoms with E-state index >= 15 is 0 Å². The highest BCUT2D eigenvalue weighted by Gasteiger charge is 2.10. The minimum Gasteiger partial charge on any atom is -0.481 e. The molecule has 0 aliphatic carbocycles. The Morgan fingerprint density at radius 1 is 1.25 bits per heavy atom. The van der Waals surface area contributed by atoms with Crippen LogP contribution >= 0.6 is 12.4 Å². The molecule has 0 unspecified atom stereocenters. The lowest BCUT2D eigenvalue weighted by Crippen LogP contribution is -2.31. The van der Waals surface area contributed by atoms with Crippen molar-refractivity contribution in [3.05, 3.63) is 0 Å². The third-order valence-electron chi connectivity index (χ3n) is 2.09. The maximum atomic E-state index is 10.2. The fourth-order valence-corrected chi connectivity index (χ4v) is 1.44. The summed E-state index contributed by atoms with van der Waals surface area (Å²) in [5.74, 6) is -0.685. The molecule has 0 spiro atoms. The van der Waals surface area contributed by atoms with Gasteiger partial charge in [0.15, 0.2) is 0 Å². The van der Waals surface area contributed by atoms with Crippen molar-refractivity contribution >= 4 is 18.4 Å². The first-order chi connectivity index (χ1) is 5.29. The zero-order valence-corrected chi connectivity index (χ0v) is 7.98. The topological polar surface area (TPSA) is 40.5 Å². The molecular formula is C8H16ClNO2. The molecule has 1 N–H and O–H groups in total. The van der Waals surface area contributed by atoms with Gasteiger partial charge in [-0.05, 0) is 25.9 Å². The summed E-state index contributed by atoms with van der Waals surface area (Å²) >= 11 is 0. The molecule has 1 rings (SSSR count). The van der Waals surface area contributed by atoms with Gasteiger partial charge in [0.2, 0.25) is 0 Å². The molecule has 0 saturated carbocycles. The third-order valence-corrected chi connectivity index (χ3v) is 2.09. The number of carboxylic acid groups (broad SMARTS) is 1. The summed E-state index contributed by atoms with van der Waals surface area (Å²) in [7, 11) is 0. The van der Waals surface area contributed by atoms with Crippen molar-refractivity contribution in [3.63, 3.8) is 0 Å². The van der Waals surface area contributed by atoms with E-state index in [-0.39, 0.29) is 12.4 Å². The number of halogens is 1. The molecule has 1 fully saturated rings. The number of likely N-dealkylation sites (tertiary alicyclic amines) is 1. The van der Waals surface area contributed by atoms with Crippen LogP contribution in [-0.4, -0.2) is 35.6 Å². The number of aliphatic carboxylic acids is 1. The van der Waals surface area contributed by atoms with Crippen molar-refractivity contribution in [2.45, 2.75) is 25.7 Å². The minimum atomic E-state index is -0.685. The van der Waals surface area contributed by atoms with Crippen LogP contribution in [0.25, 0.3) is 0 Å². The Kier molecular flexibility index (Phi) is 6.11. The van der Waals surface area contributed by atoms with E-state index in [9.17, 15) is 4.79 Å². The van der Waals surface area contributed by atoms with Crippen LogP contribution in [-0.2, 0) is 4.79 Å². The summed E-state index contributed by atoms with van der Waals surface area (Å²) in [6.07, 6.45) is 4.07. The van der Waals surface area contributed by atoms with Crippen LogP contribution in [0, 0.1) is 0 Å². The van der Waals surface area contributed by atoms with Gasteiger partial charge < -0.3 is 10.0 Å². The maximum Gasteiger partial charge on any atom is 0.304 e. The Hall–Kier alpha value is -0.280. The molecular weight excluding hydrogens is 178 g/mol. The molecule has 0 bridgehead atoms. The number of nitrogens with zero attached hydrogens (tertiary/aromatic N) is 1. The van der Waals surface area contributed by atoms with Crippen molar-refractivity contribution in [2.75, 3.05) is 19.6 Å². The van der Waals surface area contributed by atoms with Gasteiger partial charge in [0, 0.05) is 6.54 Å². The Morgan fingerprint density at radius 2 is 1.83 bits per heavy atom. The minimum absolute atomic E-state index is 0. The summed E-state index contributed by atoms with van der Waals surface area (Å²) in [5.41, 5.74) is 0. The normalized spacial score (nSPS) is 18.3. The fourth-order valence-electron chi connectivity index (χ4n) is 1.44. The monoisotopic (exact) mass is 193 g/mol. The SMILES string of the molecule is Cl.O=C(O)CCN1CCCCC1. The molecule has 72 valence electrons. The van der Waals surface area contributed by atoms with Gasteiger partial charge in [-0.1, -0.05) is 6.42 Å². The standard InChI is InChI=1S/C8H15NO2.ClH/c10-8(11)4-7-9-5-2-1-3-6-9;/h1-7H2,(H,10,11);1H. The van der Waals surface area contributed by atoms with Crippen LogP contribution in [0.2, 0.25) is 0 Å². The highest BCUT2D eigenvalue weighted by Crippen LogP contribution is 2.08. The maximum absolute atomic E-state index is 10.2. The lowest BCUT2D eigenvalue weighted by atomic mass is 10.1. The quantitative estimate of drug-likeness (QED) is 0.736. The zero-order chi connectivity index (χ0) is 8.10. The number of piperidine rings is 1. The second kappa shape index (κ2) is 6.26. The molecule has 0 aromatic rings. The summed E-state index contributed by atoms with van der Waals surface area (Å²) in [6.45, 7) is 2.91. The predicted octanol–water partition coefficient (Wildman–Crippen LogP) is 1.37. The van der Waals surface area contributed by atoms with E-state index in [1.807, 2.05) is 0 Å². The lowest BCUT2D eigenvalue weighted by Gasteiger charge is -2.25. The number of hydrogen-bond acceptors (Lipinski definition) is 2. The largest absolute Gasteiger partial charge is 0.481 e. The number of rotatable bonds is 3. The molecule has 0 aromatic heterocycles. The van der Waals surface area contributed by atoms with Crippen LogP contribution < -0.4 is 0 Å². The summed E-state index contributed by atoms with van der Waals surface area (Å²) in [4.78, 5) is 12.4.